The molecule has 4 heterocycles. The second kappa shape index (κ2) is 6.96. The zero-order chi connectivity index (χ0) is 19.9. The minimum absolute atomic E-state index is 0.0312. The molecule has 7 heteroatoms. The van der Waals surface area contributed by atoms with Gasteiger partial charge in [-0.15, -0.1) is 0 Å². The lowest BCUT2D eigenvalue weighted by molar-refractivity contribution is -0.134. The number of aromatic nitrogens is 4. The van der Waals surface area contributed by atoms with E-state index in [0.29, 0.717) is 0 Å². The largest absolute Gasteiger partial charge is 0.367 e. The number of rotatable bonds is 3. The second-order valence-electron chi connectivity index (χ2n) is 8.50. The average Bonchev–Trinajstić information content (AvgIpc) is 3.35. The monoisotopic (exact) mass is 380 g/mol. The smallest absolute Gasteiger partial charge is 0.247 e. The Bertz CT molecular complexity index is 961. The first-order valence-electron chi connectivity index (χ1n) is 9.85. The first-order valence-corrected chi connectivity index (χ1v) is 9.85. The number of carbonyl (C=O) groups excluding carboxylic acids is 1. The fourth-order valence-electron chi connectivity index (χ4n) is 3.60. The average molecular weight is 380 g/mol. The van der Waals surface area contributed by atoms with Crippen LogP contribution in [0.2, 0.25) is 0 Å². The van der Waals surface area contributed by atoms with E-state index in [1.807, 2.05) is 24.1 Å². The van der Waals surface area contributed by atoms with E-state index in [9.17, 15) is 4.79 Å². The molecule has 0 aliphatic carbocycles. The Morgan fingerprint density at radius 1 is 1.11 bits per heavy atom. The molecule has 1 aliphatic heterocycles. The second-order valence-corrected chi connectivity index (χ2v) is 8.50. The van der Waals surface area contributed by atoms with Crippen LogP contribution >= 0.6 is 0 Å². The van der Waals surface area contributed by atoms with Crippen molar-refractivity contribution in [3.8, 4) is 0 Å². The van der Waals surface area contributed by atoms with Gasteiger partial charge in [-0.2, -0.15) is 5.10 Å². The van der Waals surface area contributed by atoms with Crippen molar-refractivity contribution < 1.29 is 4.79 Å². The Balaban J connectivity index is 1.44. The Morgan fingerprint density at radius 3 is 2.50 bits per heavy atom. The van der Waals surface area contributed by atoms with E-state index in [0.717, 1.165) is 43.2 Å². The number of fused-ring (bicyclic) bond motifs is 1. The molecule has 1 saturated heterocycles. The van der Waals surface area contributed by atoms with E-state index >= 15 is 0 Å². The highest BCUT2D eigenvalue weighted by molar-refractivity contribution is 5.80. The van der Waals surface area contributed by atoms with Gasteiger partial charge in [-0.05, 0) is 25.1 Å². The molecule has 0 saturated carbocycles. The summed E-state index contributed by atoms with van der Waals surface area (Å²) >= 11 is 0. The topological polar surface area (TPSA) is 58.7 Å². The quantitative estimate of drug-likeness (QED) is 0.701. The predicted octanol–water partition coefficient (Wildman–Crippen LogP) is 2.74. The maximum atomic E-state index is 12.7. The lowest BCUT2D eigenvalue weighted by atomic mass is 9.93. The van der Waals surface area contributed by atoms with Crippen LogP contribution in [0.15, 0.2) is 43.0 Å². The number of amides is 1. The van der Waals surface area contributed by atoms with Crippen molar-refractivity contribution >= 4 is 17.2 Å². The number of hydrogen-bond acceptors (Lipinski definition) is 4. The molecule has 1 fully saturated rings. The standard InChI is InChI=1S/C21H28N6O/c1-16(27-9-5-8-22-27)20(28)25-12-10-24(11-13-25)17-6-7-19-23-18(21(2,3)4)15-26(19)14-17/h5-9,14-16H,10-13H2,1-4H3. The minimum atomic E-state index is -0.264. The highest BCUT2D eigenvalue weighted by Crippen LogP contribution is 2.24. The molecule has 0 spiro atoms. The van der Waals surface area contributed by atoms with Gasteiger partial charge in [-0.1, -0.05) is 20.8 Å². The summed E-state index contributed by atoms with van der Waals surface area (Å²) in [7, 11) is 0. The van der Waals surface area contributed by atoms with Gasteiger partial charge >= 0.3 is 0 Å². The summed E-state index contributed by atoms with van der Waals surface area (Å²) in [5, 5.41) is 4.19. The molecule has 1 unspecified atom stereocenters. The van der Waals surface area contributed by atoms with E-state index < -0.39 is 0 Å². The van der Waals surface area contributed by atoms with E-state index in [2.05, 4.69) is 59.7 Å². The zero-order valence-corrected chi connectivity index (χ0v) is 17.0. The van der Waals surface area contributed by atoms with E-state index in [-0.39, 0.29) is 17.4 Å². The van der Waals surface area contributed by atoms with Crippen LogP contribution in [0.1, 0.15) is 39.4 Å². The summed E-state index contributed by atoms with van der Waals surface area (Å²) in [6, 6.07) is 5.78. The van der Waals surface area contributed by atoms with Gasteiger partial charge in [0.2, 0.25) is 5.91 Å². The number of nitrogens with zero attached hydrogens (tertiary/aromatic N) is 6. The van der Waals surface area contributed by atoms with Crippen molar-refractivity contribution in [1.29, 1.82) is 0 Å². The fraction of sp³-hybridized carbons (Fsp3) is 0.476. The molecule has 3 aromatic rings. The van der Waals surface area contributed by atoms with Gasteiger partial charge in [0.25, 0.3) is 0 Å². The molecule has 0 bridgehead atoms. The van der Waals surface area contributed by atoms with Crippen LogP contribution in [0.3, 0.4) is 0 Å². The molecule has 0 N–H and O–H groups in total. The number of pyridine rings is 1. The van der Waals surface area contributed by atoms with Crippen LogP contribution in [0, 0.1) is 0 Å². The molecule has 1 atom stereocenters. The van der Waals surface area contributed by atoms with Crippen molar-refractivity contribution in [2.24, 2.45) is 0 Å². The fourth-order valence-corrected chi connectivity index (χ4v) is 3.60. The highest BCUT2D eigenvalue weighted by Gasteiger charge is 2.26. The summed E-state index contributed by atoms with van der Waals surface area (Å²) in [5.41, 5.74) is 3.25. The molecule has 3 aromatic heterocycles. The first kappa shape index (κ1) is 18.5. The van der Waals surface area contributed by atoms with Gasteiger partial charge in [0.1, 0.15) is 11.7 Å². The predicted molar refractivity (Wildman–Crippen MR) is 110 cm³/mol. The Morgan fingerprint density at radius 2 is 1.86 bits per heavy atom. The molecule has 1 aliphatic rings. The third-order valence-electron chi connectivity index (χ3n) is 5.44. The van der Waals surface area contributed by atoms with Crippen molar-refractivity contribution in [1.82, 2.24) is 24.1 Å². The van der Waals surface area contributed by atoms with Gasteiger partial charge in [0.15, 0.2) is 0 Å². The lowest BCUT2D eigenvalue weighted by Gasteiger charge is -2.37. The normalized spacial score (nSPS) is 16.6. The molecular weight excluding hydrogens is 352 g/mol. The molecule has 148 valence electrons. The number of piperazine rings is 1. The third kappa shape index (κ3) is 3.48. The summed E-state index contributed by atoms with van der Waals surface area (Å²) in [6.07, 6.45) is 7.80. The molecular formula is C21H28N6O. The van der Waals surface area contributed by atoms with Crippen molar-refractivity contribution in [2.75, 3.05) is 31.1 Å². The first-order chi connectivity index (χ1) is 13.3. The van der Waals surface area contributed by atoms with Crippen LogP contribution in [0.25, 0.3) is 5.65 Å². The summed E-state index contributed by atoms with van der Waals surface area (Å²) in [5.74, 6) is 0.128. The van der Waals surface area contributed by atoms with Crippen LogP contribution < -0.4 is 4.90 Å². The van der Waals surface area contributed by atoms with Gasteiger partial charge in [-0.25, -0.2) is 4.98 Å². The van der Waals surface area contributed by atoms with Gasteiger partial charge < -0.3 is 14.2 Å². The van der Waals surface area contributed by atoms with E-state index in [1.165, 1.54) is 0 Å². The lowest BCUT2D eigenvalue weighted by Crippen LogP contribution is -2.50. The minimum Gasteiger partial charge on any atom is -0.367 e. The molecule has 28 heavy (non-hydrogen) atoms. The van der Waals surface area contributed by atoms with Crippen molar-refractivity contribution in [3.63, 3.8) is 0 Å². The Labute approximate surface area is 165 Å². The SMILES string of the molecule is CC(C(=O)N1CCN(c2ccc3nc(C(C)(C)C)cn3c2)CC1)n1cccn1. The van der Waals surface area contributed by atoms with Crippen LogP contribution in [-0.2, 0) is 10.2 Å². The van der Waals surface area contributed by atoms with Crippen molar-refractivity contribution in [2.45, 2.75) is 39.2 Å². The van der Waals surface area contributed by atoms with Crippen LogP contribution in [0.5, 0.6) is 0 Å². The van der Waals surface area contributed by atoms with Crippen molar-refractivity contribution in [3.05, 3.63) is 48.7 Å². The maximum Gasteiger partial charge on any atom is 0.247 e. The van der Waals surface area contributed by atoms with Crippen LogP contribution in [0.4, 0.5) is 5.69 Å². The zero-order valence-electron chi connectivity index (χ0n) is 17.0. The molecule has 0 radical (unpaired) electrons. The van der Waals surface area contributed by atoms with Gasteiger partial charge in [0.05, 0.1) is 11.4 Å². The number of hydrogen-bond donors (Lipinski definition) is 0. The highest BCUT2D eigenvalue weighted by atomic mass is 16.2. The molecule has 1 amide bonds. The molecule has 7 nitrogen and oxygen atoms in total. The van der Waals surface area contributed by atoms with Crippen LogP contribution in [-0.4, -0.2) is 56.2 Å². The summed E-state index contributed by atoms with van der Waals surface area (Å²) < 4.78 is 3.82. The van der Waals surface area contributed by atoms with Gasteiger partial charge in [-0.3, -0.25) is 9.48 Å². The third-order valence-corrected chi connectivity index (χ3v) is 5.44. The summed E-state index contributed by atoms with van der Waals surface area (Å²) in [4.78, 5) is 21.8. The number of carbonyl (C=O) groups is 1. The molecule has 0 aromatic carbocycles. The Kier molecular flexibility index (Phi) is 4.61. The Hall–Kier alpha value is -2.83. The number of imidazole rings is 1. The number of anilines is 1. The van der Waals surface area contributed by atoms with E-state index in [1.54, 1.807) is 10.9 Å². The maximum absolute atomic E-state index is 12.7. The van der Waals surface area contributed by atoms with Gasteiger partial charge in [0, 0.05) is 56.4 Å². The summed E-state index contributed by atoms with van der Waals surface area (Å²) in [6.45, 7) is 11.5. The molecule has 4 rings (SSSR count). The van der Waals surface area contributed by atoms with E-state index in [4.69, 9.17) is 4.98 Å².